The van der Waals surface area contributed by atoms with Crippen molar-refractivity contribution in [3.63, 3.8) is 0 Å². The molecule has 0 aliphatic heterocycles. The fourth-order valence-electron chi connectivity index (χ4n) is 1.79. The van der Waals surface area contributed by atoms with Crippen LogP contribution in [0.15, 0.2) is 16.7 Å². The fourth-order valence-corrected chi connectivity index (χ4v) is 1.79. The molecule has 1 unspecified atom stereocenters. The normalized spacial score (nSPS) is 12.7. The maximum atomic E-state index is 11.4. The molecule has 1 aromatic rings. The number of aliphatic hydroxyl groups is 1. The van der Waals surface area contributed by atoms with E-state index in [0.717, 1.165) is 12.0 Å². The van der Waals surface area contributed by atoms with Gasteiger partial charge in [0, 0.05) is 18.2 Å². The molecule has 0 radical (unpaired) electrons. The molecule has 5 nitrogen and oxygen atoms in total. The number of esters is 1. The summed E-state index contributed by atoms with van der Waals surface area (Å²) in [6, 6.07) is 1.74. The number of rotatable bonds is 7. The first-order valence-electron chi connectivity index (χ1n) is 6.07. The van der Waals surface area contributed by atoms with E-state index in [1.54, 1.807) is 6.07 Å². The monoisotopic (exact) mass is 255 g/mol. The Hall–Kier alpha value is -1.33. The molecule has 18 heavy (non-hydrogen) atoms. The van der Waals surface area contributed by atoms with Gasteiger partial charge in [0.25, 0.3) is 0 Å². The number of carbonyl (C=O) groups excluding carboxylic acids is 1. The van der Waals surface area contributed by atoms with Crippen LogP contribution in [0, 0.1) is 5.92 Å². The molecule has 102 valence electrons. The maximum absolute atomic E-state index is 11.4. The summed E-state index contributed by atoms with van der Waals surface area (Å²) in [5, 5.41) is 12.5. The molecule has 0 saturated carbocycles. The van der Waals surface area contributed by atoms with Crippen LogP contribution >= 0.6 is 0 Å². The van der Waals surface area contributed by atoms with Crippen molar-refractivity contribution >= 4 is 5.97 Å². The quantitative estimate of drug-likeness (QED) is 0.723. The van der Waals surface area contributed by atoms with E-state index in [2.05, 4.69) is 23.9 Å². The third-order valence-electron chi connectivity index (χ3n) is 2.68. The molecule has 5 heteroatoms. The Kier molecular flexibility index (Phi) is 5.88. The summed E-state index contributed by atoms with van der Waals surface area (Å²) in [7, 11) is 1.32. The van der Waals surface area contributed by atoms with Gasteiger partial charge < -0.3 is 19.6 Å². The standard InChI is InChI=1S/C13H21NO4/c1-9(2)6-11(8-15)14-7-10-4-5-18-12(10)13(16)17-3/h4-5,9,11,14-15H,6-8H2,1-3H3. The number of hydrogen-bond acceptors (Lipinski definition) is 5. The molecule has 0 amide bonds. The van der Waals surface area contributed by atoms with Gasteiger partial charge in [-0.2, -0.15) is 0 Å². The summed E-state index contributed by atoms with van der Waals surface area (Å²) in [6.07, 6.45) is 2.33. The highest BCUT2D eigenvalue weighted by Gasteiger charge is 2.17. The third-order valence-corrected chi connectivity index (χ3v) is 2.68. The van der Waals surface area contributed by atoms with Gasteiger partial charge in [0.05, 0.1) is 20.0 Å². The number of aliphatic hydroxyl groups excluding tert-OH is 1. The minimum Gasteiger partial charge on any atom is -0.463 e. The molecule has 0 aliphatic rings. The lowest BCUT2D eigenvalue weighted by Crippen LogP contribution is -2.33. The van der Waals surface area contributed by atoms with E-state index in [0.29, 0.717) is 12.5 Å². The van der Waals surface area contributed by atoms with Gasteiger partial charge in [0.2, 0.25) is 5.76 Å². The zero-order chi connectivity index (χ0) is 13.5. The molecule has 0 bridgehead atoms. The van der Waals surface area contributed by atoms with E-state index < -0.39 is 5.97 Å². The molecule has 2 N–H and O–H groups in total. The molecule has 1 atom stereocenters. The molecular formula is C13H21NO4. The average Bonchev–Trinajstić information content (AvgIpc) is 2.81. The number of nitrogens with one attached hydrogen (secondary N) is 1. The van der Waals surface area contributed by atoms with Crippen LogP contribution in [0.1, 0.15) is 36.4 Å². The molecule has 1 heterocycles. The summed E-state index contributed by atoms with van der Waals surface area (Å²) in [6.45, 7) is 4.74. The van der Waals surface area contributed by atoms with Gasteiger partial charge in [-0.3, -0.25) is 0 Å². The molecular weight excluding hydrogens is 234 g/mol. The van der Waals surface area contributed by atoms with Crippen LogP contribution in [-0.4, -0.2) is 30.8 Å². The van der Waals surface area contributed by atoms with Crippen molar-refractivity contribution in [2.45, 2.75) is 32.9 Å². The van der Waals surface area contributed by atoms with Crippen LogP contribution in [0.5, 0.6) is 0 Å². The molecule has 0 fully saturated rings. The second kappa shape index (κ2) is 7.18. The minimum atomic E-state index is -0.485. The molecule has 0 aliphatic carbocycles. The van der Waals surface area contributed by atoms with Gasteiger partial charge in [0.1, 0.15) is 0 Å². The zero-order valence-corrected chi connectivity index (χ0v) is 11.1. The van der Waals surface area contributed by atoms with Gasteiger partial charge in [-0.15, -0.1) is 0 Å². The summed E-state index contributed by atoms with van der Waals surface area (Å²) in [5.41, 5.74) is 0.740. The number of methoxy groups -OCH3 is 1. The summed E-state index contributed by atoms with van der Waals surface area (Å²) >= 11 is 0. The van der Waals surface area contributed by atoms with Gasteiger partial charge >= 0.3 is 5.97 Å². The molecule has 1 aromatic heterocycles. The van der Waals surface area contributed by atoms with Gasteiger partial charge in [0.15, 0.2) is 0 Å². The minimum absolute atomic E-state index is 0.0189. The first-order valence-corrected chi connectivity index (χ1v) is 6.07. The number of ether oxygens (including phenoxy) is 1. The first kappa shape index (κ1) is 14.7. The molecule has 1 rings (SSSR count). The Morgan fingerprint density at radius 1 is 1.56 bits per heavy atom. The number of carbonyl (C=O) groups is 1. The lowest BCUT2D eigenvalue weighted by Gasteiger charge is -2.17. The Morgan fingerprint density at radius 3 is 2.83 bits per heavy atom. The third kappa shape index (κ3) is 4.16. The highest BCUT2D eigenvalue weighted by atomic mass is 16.5. The summed E-state index contributed by atoms with van der Waals surface area (Å²) in [5.74, 6) is 0.228. The van der Waals surface area contributed by atoms with E-state index in [-0.39, 0.29) is 18.4 Å². The van der Waals surface area contributed by atoms with Gasteiger partial charge in [-0.25, -0.2) is 4.79 Å². The smallest absolute Gasteiger partial charge is 0.374 e. The van der Waals surface area contributed by atoms with Gasteiger partial charge in [-0.05, 0) is 18.4 Å². The second-order valence-electron chi connectivity index (χ2n) is 4.66. The maximum Gasteiger partial charge on any atom is 0.374 e. The largest absolute Gasteiger partial charge is 0.463 e. The van der Waals surface area contributed by atoms with Crippen LogP contribution in [0.2, 0.25) is 0 Å². The lowest BCUT2D eigenvalue weighted by molar-refractivity contribution is 0.0563. The fraction of sp³-hybridized carbons (Fsp3) is 0.615. The predicted molar refractivity (Wildman–Crippen MR) is 67.2 cm³/mol. The summed E-state index contributed by atoms with van der Waals surface area (Å²) < 4.78 is 9.71. The van der Waals surface area contributed by atoms with Crippen molar-refractivity contribution in [1.82, 2.24) is 5.32 Å². The predicted octanol–water partition coefficient (Wildman–Crippen LogP) is 1.56. The van der Waals surface area contributed by atoms with Crippen LogP contribution in [-0.2, 0) is 11.3 Å². The highest BCUT2D eigenvalue weighted by molar-refractivity contribution is 5.87. The average molecular weight is 255 g/mol. The van der Waals surface area contributed by atoms with E-state index in [1.807, 2.05) is 0 Å². The zero-order valence-electron chi connectivity index (χ0n) is 11.1. The van der Waals surface area contributed by atoms with Crippen LogP contribution in [0.4, 0.5) is 0 Å². The van der Waals surface area contributed by atoms with Crippen molar-refractivity contribution in [3.8, 4) is 0 Å². The highest BCUT2D eigenvalue weighted by Crippen LogP contribution is 2.12. The van der Waals surface area contributed by atoms with E-state index in [4.69, 9.17) is 4.42 Å². The Morgan fingerprint density at radius 2 is 2.28 bits per heavy atom. The molecule has 0 aromatic carbocycles. The lowest BCUT2D eigenvalue weighted by atomic mass is 10.0. The van der Waals surface area contributed by atoms with Crippen LogP contribution in [0.25, 0.3) is 0 Å². The van der Waals surface area contributed by atoms with Crippen LogP contribution in [0.3, 0.4) is 0 Å². The van der Waals surface area contributed by atoms with E-state index in [1.165, 1.54) is 13.4 Å². The second-order valence-corrected chi connectivity index (χ2v) is 4.66. The Balaban J connectivity index is 2.57. The molecule has 0 saturated heterocycles. The van der Waals surface area contributed by atoms with Crippen molar-refractivity contribution in [1.29, 1.82) is 0 Å². The van der Waals surface area contributed by atoms with Crippen molar-refractivity contribution < 1.29 is 19.1 Å². The van der Waals surface area contributed by atoms with Crippen molar-refractivity contribution in [3.05, 3.63) is 23.7 Å². The van der Waals surface area contributed by atoms with Crippen molar-refractivity contribution in [2.75, 3.05) is 13.7 Å². The van der Waals surface area contributed by atoms with E-state index >= 15 is 0 Å². The van der Waals surface area contributed by atoms with Crippen molar-refractivity contribution in [2.24, 2.45) is 5.92 Å². The Bertz CT molecular complexity index is 373. The van der Waals surface area contributed by atoms with E-state index in [9.17, 15) is 9.90 Å². The molecule has 0 spiro atoms. The number of hydrogen-bond donors (Lipinski definition) is 2. The number of furan rings is 1. The topological polar surface area (TPSA) is 71.7 Å². The first-order chi connectivity index (χ1) is 8.58. The SMILES string of the molecule is COC(=O)c1occc1CNC(CO)CC(C)C. The van der Waals surface area contributed by atoms with Gasteiger partial charge in [-0.1, -0.05) is 13.8 Å². The van der Waals surface area contributed by atoms with Crippen LogP contribution < -0.4 is 5.32 Å². The Labute approximate surface area is 107 Å². The summed E-state index contributed by atoms with van der Waals surface area (Å²) in [4.78, 5) is 11.4.